The molecule has 3 N–H and O–H groups in total. The molecule has 0 heterocycles. The number of primary sulfonamides is 1. The topological polar surface area (TPSA) is 89.3 Å². The van der Waals surface area contributed by atoms with Crippen molar-refractivity contribution in [2.24, 2.45) is 11.1 Å². The van der Waals surface area contributed by atoms with E-state index in [-0.39, 0.29) is 10.5 Å². The molecule has 1 aromatic rings. The molecule has 7 heteroatoms. The van der Waals surface area contributed by atoms with Crippen LogP contribution in [0.25, 0.3) is 0 Å². The Morgan fingerprint density at radius 3 is 2.55 bits per heavy atom. The first kappa shape index (κ1) is 16.6. The number of halogens is 1. The van der Waals surface area contributed by atoms with Crippen molar-refractivity contribution in [2.45, 2.75) is 31.6 Å². The Kier molecular flexibility index (Phi) is 5.64. The molecule has 0 fully saturated rings. The summed E-state index contributed by atoms with van der Waals surface area (Å²) in [5.74, 6) is -0.928. The smallest absolute Gasteiger partial charge is 0.254 e. The first-order valence-electron chi connectivity index (χ1n) is 6.32. The fourth-order valence-electron chi connectivity index (χ4n) is 1.66. The molecule has 1 amide bonds. The molecule has 0 saturated heterocycles. The fourth-order valence-corrected chi connectivity index (χ4v) is 2.19. The Morgan fingerprint density at radius 1 is 1.40 bits per heavy atom. The van der Waals surface area contributed by atoms with Crippen molar-refractivity contribution >= 4 is 15.9 Å². The van der Waals surface area contributed by atoms with Crippen molar-refractivity contribution in [1.29, 1.82) is 0 Å². The van der Waals surface area contributed by atoms with Gasteiger partial charge in [0.05, 0.1) is 10.5 Å². The number of amides is 1. The minimum absolute atomic E-state index is 0.193. The van der Waals surface area contributed by atoms with Gasteiger partial charge in [0, 0.05) is 6.54 Å². The Balaban J connectivity index is 2.70. The molecule has 0 bridgehead atoms. The lowest BCUT2D eigenvalue weighted by atomic mass is 10.1. The highest BCUT2D eigenvalue weighted by Crippen LogP contribution is 2.13. The number of sulfonamides is 1. The van der Waals surface area contributed by atoms with Gasteiger partial charge in [-0.05, 0) is 37.0 Å². The highest BCUT2D eigenvalue weighted by Gasteiger charge is 2.15. The molecule has 0 saturated carbocycles. The van der Waals surface area contributed by atoms with Gasteiger partial charge >= 0.3 is 0 Å². The minimum atomic E-state index is -3.97. The summed E-state index contributed by atoms with van der Waals surface area (Å²) in [4.78, 5) is 11.4. The van der Waals surface area contributed by atoms with Crippen LogP contribution in [0, 0.1) is 11.7 Å². The molecule has 0 atom stereocenters. The second-order valence-corrected chi connectivity index (χ2v) is 6.54. The number of nitrogens with one attached hydrogen (secondary N) is 1. The van der Waals surface area contributed by atoms with Gasteiger partial charge in [-0.2, -0.15) is 0 Å². The Bertz CT molecular complexity index is 585. The number of carbonyl (C=O) groups excluding carboxylic acids is 1. The van der Waals surface area contributed by atoms with E-state index in [0.717, 1.165) is 31.0 Å². The zero-order valence-electron chi connectivity index (χ0n) is 11.5. The van der Waals surface area contributed by atoms with E-state index in [2.05, 4.69) is 19.2 Å². The van der Waals surface area contributed by atoms with Crippen LogP contribution >= 0.6 is 0 Å². The maximum Gasteiger partial charge on any atom is 0.254 e. The molecule has 0 aromatic heterocycles. The first-order valence-corrected chi connectivity index (χ1v) is 7.87. The Hall–Kier alpha value is -1.47. The summed E-state index contributed by atoms with van der Waals surface area (Å²) in [6.45, 7) is 4.61. The van der Waals surface area contributed by atoms with Gasteiger partial charge in [0.2, 0.25) is 10.0 Å². The van der Waals surface area contributed by atoms with Crippen molar-refractivity contribution in [1.82, 2.24) is 5.32 Å². The molecule has 5 nitrogen and oxygen atoms in total. The summed E-state index contributed by atoms with van der Waals surface area (Å²) in [6, 6.07) is 2.98. The van der Waals surface area contributed by atoms with E-state index >= 15 is 0 Å². The molecule has 0 aliphatic heterocycles. The molecule has 20 heavy (non-hydrogen) atoms. The summed E-state index contributed by atoms with van der Waals surface area (Å²) in [5, 5.41) is 7.48. The van der Waals surface area contributed by atoms with Crippen molar-refractivity contribution in [3.63, 3.8) is 0 Å². The monoisotopic (exact) mass is 302 g/mol. The highest BCUT2D eigenvalue weighted by atomic mass is 32.2. The number of nitrogens with two attached hydrogens (primary N) is 1. The lowest BCUT2D eigenvalue weighted by molar-refractivity contribution is 0.0948. The van der Waals surface area contributed by atoms with Crippen LogP contribution in [0.1, 0.15) is 37.0 Å². The van der Waals surface area contributed by atoms with Crippen LogP contribution in [0.2, 0.25) is 0 Å². The number of benzene rings is 1. The predicted octanol–water partition coefficient (Wildman–Crippen LogP) is 1.64. The summed E-state index contributed by atoms with van der Waals surface area (Å²) in [5.41, 5.74) is -0.193. The minimum Gasteiger partial charge on any atom is -0.352 e. The molecular formula is C13H19FN2O3S. The Morgan fingerprint density at radius 2 is 2.05 bits per heavy atom. The quantitative estimate of drug-likeness (QED) is 0.783. The van der Waals surface area contributed by atoms with E-state index < -0.39 is 21.7 Å². The normalized spacial score (nSPS) is 11.7. The maximum absolute atomic E-state index is 13.7. The summed E-state index contributed by atoms with van der Waals surface area (Å²) in [7, 11) is -3.97. The molecule has 1 rings (SSSR count). The van der Waals surface area contributed by atoms with Crippen molar-refractivity contribution in [3.05, 3.63) is 29.6 Å². The first-order chi connectivity index (χ1) is 9.21. The fraction of sp³-hybridized carbons (Fsp3) is 0.462. The molecule has 112 valence electrons. The van der Waals surface area contributed by atoms with Gasteiger partial charge in [-0.3, -0.25) is 4.79 Å². The molecule has 0 spiro atoms. The average Bonchev–Trinajstić information content (AvgIpc) is 2.32. The van der Waals surface area contributed by atoms with E-state index in [1.165, 1.54) is 0 Å². The highest BCUT2D eigenvalue weighted by molar-refractivity contribution is 7.89. The number of hydrogen-bond acceptors (Lipinski definition) is 3. The van der Waals surface area contributed by atoms with Crippen molar-refractivity contribution in [3.8, 4) is 0 Å². The van der Waals surface area contributed by atoms with Crippen LogP contribution in [0.3, 0.4) is 0 Å². The van der Waals surface area contributed by atoms with Crippen LogP contribution < -0.4 is 10.5 Å². The van der Waals surface area contributed by atoms with E-state index in [1.54, 1.807) is 0 Å². The third kappa shape index (κ3) is 4.90. The zero-order chi connectivity index (χ0) is 15.3. The summed E-state index contributed by atoms with van der Waals surface area (Å²) >= 11 is 0. The second kappa shape index (κ2) is 6.81. The molecule has 1 aromatic carbocycles. The van der Waals surface area contributed by atoms with Gasteiger partial charge in [0.15, 0.2) is 0 Å². The van der Waals surface area contributed by atoms with E-state index in [4.69, 9.17) is 5.14 Å². The molecular weight excluding hydrogens is 283 g/mol. The van der Waals surface area contributed by atoms with E-state index in [0.29, 0.717) is 12.5 Å². The van der Waals surface area contributed by atoms with Crippen LogP contribution in [-0.2, 0) is 10.0 Å². The molecule has 0 aliphatic rings. The van der Waals surface area contributed by atoms with E-state index in [9.17, 15) is 17.6 Å². The molecule has 0 radical (unpaired) electrons. The second-order valence-electron chi connectivity index (χ2n) is 4.98. The molecule has 0 unspecified atom stereocenters. The predicted molar refractivity (Wildman–Crippen MR) is 74.2 cm³/mol. The summed E-state index contributed by atoms with van der Waals surface area (Å²) < 4.78 is 35.8. The van der Waals surface area contributed by atoms with Gasteiger partial charge < -0.3 is 5.32 Å². The van der Waals surface area contributed by atoms with Crippen LogP contribution in [0.15, 0.2) is 23.1 Å². The van der Waals surface area contributed by atoms with Crippen LogP contribution in [0.4, 0.5) is 4.39 Å². The number of carbonyl (C=O) groups is 1. The largest absolute Gasteiger partial charge is 0.352 e. The molecule has 0 aliphatic carbocycles. The third-order valence-corrected chi connectivity index (χ3v) is 3.67. The van der Waals surface area contributed by atoms with Gasteiger partial charge in [-0.25, -0.2) is 17.9 Å². The van der Waals surface area contributed by atoms with Gasteiger partial charge in [0.25, 0.3) is 5.91 Å². The summed E-state index contributed by atoms with van der Waals surface area (Å²) in [6.07, 6.45) is 1.77. The zero-order valence-corrected chi connectivity index (χ0v) is 12.3. The standard InChI is InChI=1S/C13H19FN2O3S/c1-9(2)4-3-7-16-13(17)11-6-5-10(8-12(11)14)20(15,18)19/h5-6,8-9H,3-4,7H2,1-2H3,(H,16,17)(H2,15,18,19). The average molecular weight is 302 g/mol. The van der Waals surface area contributed by atoms with E-state index in [1.807, 2.05) is 0 Å². The van der Waals surface area contributed by atoms with Crippen molar-refractivity contribution in [2.75, 3.05) is 6.54 Å². The van der Waals surface area contributed by atoms with Gasteiger partial charge in [-0.15, -0.1) is 0 Å². The van der Waals surface area contributed by atoms with Crippen molar-refractivity contribution < 1.29 is 17.6 Å². The van der Waals surface area contributed by atoms with Crippen LogP contribution in [0.5, 0.6) is 0 Å². The lowest BCUT2D eigenvalue weighted by Gasteiger charge is -2.08. The maximum atomic E-state index is 13.7. The lowest BCUT2D eigenvalue weighted by Crippen LogP contribution is -2.26. The van der Waals surface area contributed by atoms with Gasteiger partial charge in [-0.1, -0.05) is 13.8 Å². The number of hydrogen-bond donors (Lipinski definition) is 2. The number of rotatable bonds is 6. The third-order valence-electron chi connectivity index (χ3n) is 2.76. The van der Waals surface area contributed by atoms with Gasteiger partial charge in [0.1, 0.15) is 5.82 Å². The Labute approximate surface area is 118 Å². The SMILES string of the molecule is CC(C)CCCNC(=O)c1ccc(S(N)(=O)=O)cc1F. The van der Waals surface area contributed by atoms with Crippen LogP contribution in [-0.4, -0.2) is 20.9 Å².